The zero-order valence-electron chi connectivity index (χ0n) is 15.9. The SMILES string of the molecule is CC(C)/C=C/C(=O)Nc1ccc(NC(=O)CNC(=O)OC(C)(C)C)cc1. The Kier molecular flexibility index (Phi) is 7.83. The first-order valence-corrected chi connectivity index (χ1v) is 8.41. The standard InChI is InChI=1S/C19H27N3O4/c1-13(2)6-11-16(23)21-14-7-9-15(10-8-14)22-17(24)12-20-18(25)26-19(3,4)5/h6-11,13H,12H2,1-5H3,(H,20,25)(H,21,23)(H,22,24)/b11-6+. The minimum absolute atomic E-state index is 0.201. The van der Waals surface area contributed by atoms with Crippen molar-refractivity contribution in [1.29, 1.82) is 0 Å². The molecule has 0 spiro atoms. The van der Waals surface area contributed by atoms with Gasteiger partial charge in [0, 0.05) is 11.4 Å². The molecule has 26 heavy (non-hydrogen) atoms. The predicted octanol–water partition coefficient (Wildman–Crippen LogP) is 3.30. The van der Waals surface area contributed by atoms with Crippen molar-refractivity contribution in [1.82, 2.24) is 5.32 Å². The van der Waals surface area contributed by atoms with Crippen LogP contribution in [-0.2, 0) is 14.3 Å². The molecule has 0 aliphatic heterocycles. The molecular formula is C19H27N3O4. The van der Waals surface area contributed by atoms with E-state index in [1.54, 1.807) is 45.0 Å². The van der Waals surface area contributed by atoms with E-state index in [0.717, 1.165) is 0 Å². The summed E-state index contributed by atoms with van der Waals surface area (Å²) in [7, 11) is 0. The lowest BCUT2D eigenvalue weighted by Gasteiger charge is -2.19. The van der Waals surface area contributed by atoms with Gasteiger partial charge < -0.3 is 20.7 Å². The van der Waals surface area contributed by atoms with Gasteiger partial charge in [0.15, 0.2) is 0 Å². The lowest BCUT2D eigenvalue weighted by molar-refractivity contribution is -0.115. The van der Waals surface area contributed by atoms with E-state index >= 15 is 0 Å². The number of allylic oxidation sites excluding steroid dienone is 1. The molecule has 7 nitrogen and oxygen atoms in total. The molecule has 0 aliphatic carbocycles. The van der Waals surface area contributed by atoms with Crippen LogP contribution in [0.5, 0.6) is 0 Å². The minimum atomic E-state index is -0.653. The number of ether oxygens (including phenoxy) is 1. The maximum absolute atomic E-state index is 11.8. The Morgan fingerprint density at radius 2 is 1.58 bits per heavy atom. The molecule has 0 bridgehead atoms. The van der Waals surface area contributed by atoms with Gasteiger partial charge in [-0.2, -0.15) is 0 Å². The van der Waals surface area contributed by atoms with Crippen LogP contribution in [0.15, 0.2) is 36.4 Å². The molecule has 0 heterocycles. The average Bonchev–Trinajstić information content (AvgIpc) is 2.51. The highest BCUT2D eigenvalue weighted by Gasteiger charge is 2.16. The molecule has 0 unspecified atom stereocenters. The number of rotatable bonds is 6. The maximum Gasteiger partial charge on any atom is 0.408 e. The van der Waals surface area contributed by atoms with Gasteiger partial charge in [0.1, 0.15) is 12.1 Å². The molecule has 1 aromatic rings. The third-order valence-electron chi connectivity index (χ3n) is 2.86. The summed E-state index contributed by atoms with van der Waals surface area (Å²) < 4.78 is 5.05. The molecule has 0 atom stereocenters. The van der Waals surface area contributed by atoms with Crippen LogP contribution in [0.3, 0.4) is 0 Å². The smallest absolute Gasteiger partial charge is 0.408 e. The minimum Gasteiger partial charge on any atom is -0.444 e. The normalized spacial score (nSPS) is 11.3. The van der Waals surface area contributed by atoms with Gasteiger partial charge in [-0.1, -0.05) is 19.9 Å². The number of nitrogens with one attached hydrogen (secondary N) is 3. The predicted molar refractivity (Wildman–Crippen MR) is 102 cm³/mol. The van der Waals surface area contributed by atoms with Gasteiger partial charge in [-0.05, 0) is 57.0 Å². The quantitative estimate of drug-likeness (QED) is 0.677. The first kappa shape index (κ1) is 21.2. The third-order valence-corrected chi connectivity index (χ3v) is 2.86. The van der Waals surface area contributed by atoms with Gasteiger partial charge in [-0.3, -0.25) is 9.59 Å². The zero-order chi connectivity index (χ0) is 19.7. The van der Waals surface area contributed by atoms with Gasteiger partial charge in [-0.25, -0.2) is 4.79 Å². The van der Waals surface area contributed by atoms with E-state index in [1.807, 2.05) is 19.9 Å². The molecular weight excluding hydrogens is 334 g/mol. The van der Waals surface area contributed by atoms with Gasteiger partial charge in [-0.15, -0.1) is 0 Å². The Bertz CT molecular complexity index is 658. The molecule has 0 aliphatic rings. The number of carbonyl (C=O) groups excluding carboxylic acids is 3. The lowest BCUT2D eigenvalue weighted by Crippen LogP contribution is -2.37. The van der Waals surface area contributed by atoms with Crippen molar-refractivity contribution in [3.05, 3.63) is 36.4 Å². The molecule has 142 valence electrons. The number of hydrogen-bond acceptors (Lipinski definition) is 4. The van der Waals surface area contributed by atoms with Crippen molar-refractivity contribution in [2.45, 2.75) is 40.2 Å². The summed E-state index contributed by atoms with van der Waals surface area (Å²) in [5.41, 5.74) is 0.551. The number of alkyl carbamates (subject to hydrolysis) is 1. The van der Waals surface area contributed by atoms with Crippen molar-refractivity contribution in [2.75, 3.05) is 17.2 Å². The van der Waals surface area contributed by atoms with E-state index in [9.17, 15) is 14.4 Å². The number of carbonyl (C=O) groups is 3. The second kappa shape index (κ2) is 9.60. The van der Waals surface area contributed by atoms with Crippen LogP contribution in [0.1, 0.15) is 34.6 Å². The van der Waals surface area contributed by atoms with E-state index in [4.69, 9.17) is 4.74 Å². The molecule has 0 saturated carbocycles. The summed E-state index contributed by atoms with van der Waals surface area (Å²) in [5, 5.41) is 7.75. The largest absolute Gasteiger partial charge is 0.444 e. The third kappa shape index (κ3) is 9.46. The van der Waals surface area contributed by atoms with Crippen LogP contribution >= 0.6 is 0 Å². The fourth-order valence-corrected chi connectivity index (χ4v) is 1.77. The molecule has 0 radical (unpaired) electrons. The van der Waals surface area contributed by atoms with Gasteiger partial charge >= 0.3 is 6.09 Å². The van der Waals surface area contributed by atoms with Crippen molar-refractivity contribution in [3.8, 4) is 0 Å². The highest BCUT2D eigenvalue weighted by Crippen LogP contribution is 2.13. The van der Waals surface area contributed by atoms with Crippen molar-refractivity contribution < 1.29 is 19.1 Å². The molecule has 1 aromatic carbocycles. The first-order valence-electron chi connectivity index (χ1n) is 8.41. The Balaban J connectivity index is 2.45. The molecule has 0 fully saturated rings. The van der Waals surface area contributed by atoms with Gasteiger partial charge in [0.2, 0.25) is 11.8 Å². The number of amides is 3. The van der Waals surface area contributed by atoms with Gasteiger partial charge in [0.05, 0.1) is 0 Å². The maximum atomic E-state index is 11.8. The fourth-order valence-electron chi connectivity index (χ4n) is 1.77. The van der Waals surface area contributed by atoms with Crippen molar-refractivity contribution >= 4 is 29.3 Å². The summed E-state index contributed by atoms with van der Waals surface area (Å²) in [4.78, 5) is 35.0. The number of benzene rings is 1. The topological polar surface area (TPSA) is 96.5 Å². The highest BCUT2D eigenvalue weighted by atomic mass is 16.6. The highest BCUT2D eigenvalue weighted by molar-refractivity contribution is 5.99. The number of hydrogen-bond donors (Lipinski definition) is 3. The molecule has 7 heteroatoms. The Labute approximate surface area is 154 Å². The Morgan fingerprint density at radius 1 is 1.04 bits per heavy atom. The summed E-state index contributed by atoms with van der Waals surface area (Å²) in [5.74, 6) is -0.294. The summed E-state index contributed by atoms with van der Waals surface area (Å²) >= 11 is 0. The summed E-state index contributed by atoms with van der Waals surface area (Å²) in [6.45, 7) is 8.99. The first-order chi connectivity index (χ1) is 12.0. The molecule has 3 amide bonds. The van der Waals surface area contributed by atoms with Crippen LogP contribution < -0.4 is 16.0 Å². The van der Waals surface area contributed by atoms with Crippen molar-refractivity contribution in [2.24, 2.45) is 5.92 Å². The monoisotopic (exact) mass is 361 g/mol. The average molecular weight is 361 g/mol. The van der Waals surface area contributed by atoms with Crippen LogP contribution in [0.25, 0.3) is 0 Å². The van der Waals surface area contributed by atoms with Gasteiger partial charge in [0.25, 0.3) is 0 Å². The molecule has 3 N–H and O–H groups in total. The number of anilines is 2. The molecule has 0 aromatic heterocycles. The Hall–Kier alpha value is -2.83. The summed E-state index contributed by atoms with van der Waals surface area (Å²) in [6.07, 6.45) is 2.64. The Morgan fingerprint density at radius 3 is 2.08 bits per heavy atom. The van der Waals surface area contributed by atoms with E-state index in [1.165, 1.54) is 6.08 Å². The molecule has 1 rings (SSSR count). The fraction of sp³-hybridized carbons (Fsp3) is 0.421. The van der Waals surface area contributed by atoms with E-state index in [0.29, 0.717) is 17.3 Å². The second-order valence-corrected chi connectivity index (χ2v) is 7.07. The van der Waals surface area contributed by atoms with Crippen LogP contribution in [-0.4, -0.2) is 30.1 Å². The van der Waals surface area contributed by atoms with Crippen LogP contribution in [0.4, 0.5) is 16.2 Å². The van der Waals surface area contributed by atoms with Crippen LogP contribution in [0.2, 0.25) is 0 Å². The second-order valence-electron chi connectivity index (χ2n) is 7.07. The molecule has 0 saturated heterocycles. The lowest BCUT2D eigenvalue weighted by atomic mass is 10.2. The van der Waals surface area contributed by atoms with E-state index < -0.39 is 11.7 Å². The van der Waals surface area contributed by atoms with E-state index in [2.05, 4.69) is 16.0 Å². The summed E-state index contributed by atoms with van der Waals surface area (Å²) in [6, 6.07) is 6.68. The zero-order valence-corrected chi connectivity index (χ0v) is 15.9. The van der Waals surface area contributed by atoms with Crippen molar-refractivity contribution in [3.63, 3.8) is 0 Å². The van der Waals surface area contributed by atoms with E-state index in [-0.39, 0.29) is 18.4 Å². The van der Waals surface area contributed by atoms with Crippen LogP contribution in [0, 0.1) is 5.92 Å².